The van der Waals surface area contributed by atoms with Crippen molar-refractivity contribution in [1.29, 1.82) is 0 Å². The molecule has 0 amide bonds. The van der Waals surface area contributed by atoms with Crippen molar-refractivity contribution in [3.05, 3.63) is 18.0 Å². The monoisotopic (exact) mass is 264 g/mol. The molecule has 6 nitrogen and oxygen atoms in total. The highest BCUT2D eigenvalue weighted by molar-refractivity contribution is 5.79. The van der Waals surface area contributed by atoms with Gasteiger partial charge in [0.25, 0.3) is 0 Å². The number of hydrogen-bond donors (Lipinski definition) is 2. The third kappa shape index (κ3) is 3.96. The highest BCUT2D eigenvalue weighted by Gasteiger charge is 2.19. The molecule has 0 aromatic carbocycles. The topological polar surface area (TPSA) is 57.5 Å². The van der Waals surface area contributed by atoms with Crippen molar-refractivity contribution in [2.75, 3.05) is 33.7 Å². The van der Waals surface area contributed by atoms with Crippen LogP contribution >= 0.6 is 0 Å². The molecule has 2 rings (SSSR count). The summed E-state index contributed by atoms with van der Waals surface area (Å²) in [6, 6.07) is 2.01. The second-order valence-corrected chi connectivity index (χ2v) is 5.17. The van der Waals surface area contributed by atoms with Crippen LogP contribution in [0.15, 0.2) is 17.3 Å². The number of rotatable bonds is 4. The Morgan fingerprint density at radius 3 is 2.89 bits per heavy atom. The Kier molecular flexibility index (Phi) is 4.79. The normalized spacial score (nSPS) is 20.8. The largest absolute Gasteiger partial charge is 0.356 e. The number of hydrogen-bond acceptors (Lipinski definition) is 3. The summed E-state index contributed by atoms with van der Waals surface area (Å²) in [5.74, 6) is 1.58. The zero-order chi connectivity index (χ0) is 13.7. The van der Waals surface area contributed by atoms with E-state index in [4.69, 9.17) is 0 Å². The number of aliphatic imine (C=N–C) groups is 1. The van der Waals surface area contributed by atoms with Crippen LogP contribution in [0.4, 0.5) is 0 Å². The molecule has 1 aliphatic heterocycles. The van der Waals surface area contributed by atoms with Gasteiger partial charge in [0, 0.05) is 33.4 Å². The highest BCUT2D eigenvalue weighted by atomic mass is 15.3. The van der Waals surface area contributed by atoms with Crippen molar-refractivity contribution >= 4 is 5.96 Å². The van der Waals surface area contributed by atoms with Crippen LogP contribution in [0.2, 0.25) is 0 Å². The lowest BCUT2D eigenvalue weighted by molar-refractivity contribution is 0.394. The number of guanidine groups is 1. The molecule has 1 aromatic heterocycles. The van der Waals surface area contributed by atoms with Gasteiger partial charge in [-0.25, -0.2) is 0 Å². The van der Waals surface area contributed by atoms with Crippen LogP contribution in [-0.4, -0.2) is 54.4 Å². The number of nitrogens with one attached hydrogen (secondary N) is 2. The summed E-state index contributed by atoms with van der Waals surface area (Å²) in [6.07, 6.45) is 3.07. The van der Waals surface area contributed by atoms with E-state index in [9.17, 15) is 0 Å². The maximum Gasteiger partial charge on any atom is 0.191 e. The molecule has 0 spiro atoms. The van der Waals surface area contributed by atoms with Crippen LogP contribution in [0.3, 0.4) is 0 Å². The van der Waals surface area contributed by atoms with Gasteiger partial charge in [0.05, 0.1) is 12.2 Å². The average Bonchev–Trinajstić information content (AvgIpc) is 2.99. The molecule has 2 heterocycles. The Balaban J connectivity index is 1.73. The minimum absolute atomic E-state index is 0.722. The van der Waals surface area contributed by atoms with Gasteiger partial charge >= 0.3 is 0 Å². The molecule has 6 heteroatoms. The molecule has 0 aliphatic carbocycles. The third-order valence-electron chi connectivity index (χ3n) is 3.63. The standard InChI is InChI=1S/C13H24N6/c1-14-13(15-8-11-5-7-18(2)10-11)16-9-12-4-6-17-19(12)3/h4,6,11H,5,7-10H2,1-3H3,(H2,14,15,16). The minimum atomic E-state index is 0.722. The van der Waals surface area contributed by atoms with Crippen LogP contribution in [-0.2, 0) is 13.6 Å². The molecule has 1 aliphatic rings. The Labute approximate surface area is 114 Å². The zero-order valence-electron chi connectivity index (χ0n) is 12.1. The van der Waals surface area contributed by atoms with Gasteiger partial charge in [-0.1, -0.05) is 0 Å². The maximum absolute atomic E-state index is 4.25. The van der Waals surface area contributed by atoms with E-state index in [2.05, 4.69) is 32.7 Å². The maximum atomic E-state index is 4.25. The third-order valence-corrected chi connectivity index (χ3v) is 3.63. The quantitative estimate of drug-likeness (QED) is 0.595. The van der Waals surface area contributed by atoms with E-state index < -0.39 is 0 Å². The van der Waals surface area contributed by atoms with Gasteiger partial charge in [-0.05, 0) is 32.0 Å². The van der Waals surface area contributed by atoms with E-state index in [1.54, 1.807) is 7.05 Å². The van der Waals surface area contributed by atoms with Crippen molar-refractivity contribution in [2.45, 2.75) is 13.0 Å². The second-order valence-electron chi connectivity index (χ2n) is 5.17. The van der Waals surface area contributed by atoms with Gasteiger partial charge in [0.2, 0.25) is 0 Å². The van der Waals surface area contributed by atoms with Crippen molar-refractivity contribution in [3.8, 4) is 0 Å². The number of likely N-dealkylation sites (tertiary alicyclic amines) is 1. The van der Waals surface area contributed by atoms with Gasteiger partial charge in [-0.2, -0.15) is 5.10 Å². The van der Waals surface area contributed by atoms with Crippen LogP contribution in [0.25, 0.3) is 0 Å². The SMILES string of the molecule is CN=C(NCc1ccnn1C)NCC1CCN(C)C1. The molecular formula is C13H24N6. The number of aryl methyl sites for hydroxylation is 1. The van der Waals surface area contributed by atoms with E-state index in [-0.39, 0.29) is 0 Å². The first kappa shape index (κ1) is 13.9. The van der Waals surface area contributed by atoms with Gasteiger partial charge in [-0.3, -0.25) is 9.67 Å². The smallest absolute Gasteiger partial charge is 0.191 e. The summed E-state index contributed by atoms with van der Waals surface area (Å²) in [4.78, 5) is 6.62. The molecule has 0 saturated carbocycles. The van der Waals surface area contributed by atoms with Crippen molar-refractivity contribution in [1.82, 2.24) is 25.3 Å². The molecule has 19 heavy (non-hydrogen) atoms. The molecule has 1 unspecified atom stereocenters. The Morgan fingerprint density at radius 2 is 2.32 bits per heavy atom. The first-order valence-electron chi connectivity index (χ1n) is 6.79. The lowest BCUT2D eigenvalue weighted by Gasteiger charge is -2.15. The molecule has 106 valence electrons. The number of nitrogens with zero attached hydrogens (tertiary/aromatic N) is 4. The summed E-state index contributed by atoms with van der Waals surface area (Å²) in [7, 11) is 5.93. The first-order chi connectivity index (χ1) is 9.19. The average molecular weight is 264 g/mol. The van der Waals surface area contributed by atoms with Crippen molar-refractivity contribution in [2.24, 2.45) is 18.0 Å². The lowest BCUT2D eigenvalue weighted by Crippen LogP contribution is -2.40. The van der Waals surface area contributed by atoms with Gasteiger partial charge in [0.15, 0.2) is 5.96 Å². The summed E-state index contributed by atoms with van der Waals surface area (Å²) >= 11 is 0. The summed E-state index contributed by atoms with van der Waals surface area (Å²) in [5, 5.41) is 10.9. The molecule has 0 radical (unpaired) electrons. The van der Waals surface area contributed by atoms with Crippen LogP contribution in [0.5, 0.6) is 0 Å². The van der Waals surface area contributed by atoms with Gasteiger partial charge in [-0.15, -0.1) is 0 Å². The van der Waals surface area contributed by atoms with E-state index in [1.165, 1.54) is 19.5 Å². The molecule has 1 fully saturated rings. The van der Waals surface area contributed by atoms with Crippen LogP contribution < -0.4 is 10.6 Å². The number of aromatic nitrogens is 2. The fourth-order valence-electron chi connectivity index (χ4n) is 2.40. The predicted molar refractivity (Wildman–Crippen MR) is 77.0 cm³/mol. The first-order valence-corrected chi connectivity index (χ1v) is 6.79. The molecule has 0 bridgehead atoms. The molecule has 1 aromatic rings. The Morgan fingerprint density at radius 1 is 1.47 bits per heavy atom. The van der Waals surface area contributed by atoms with E-state index >= 15 is 0 Å². The Hall–Kier alpha value is -1.56. The predicted octanol–water partition coefficient (Wildman–Crippen LogP) is 0.0368. The minimum Gasteiger partial charge on any atom is -0.356 e. The second kappa shape index (κ2) is 6.56. The van der Waals surface area contributed by atoms with E-state index in [0.717, 1.165) is 30.7 Å². The van der Waals surface area contributed by atoms with Crippen LogP contribution in [0, 0.1) is 5.92 Å². The van der Waals surface area contributed by atoms with Crippen LogP contribution in [0.1, 0.15) is 12.1 Å². The molecular weight excluding hydrogens is 240 g/mol. The summed E-state index contributed by atoms with van der Waals surface area (Å²) < 4.78 is 1.87. The summed E-state index contributed by atoms with van der Waals surface area (Å²) in [6.45, 7) is 4.09. The molecule has 1 atom stereocenters. The lowest BCUT2D eigenvalue weighted by atomic mass is 10.1. The highest BCUT2D eigenvalue weighted by Crippen LogP contribution is 2.12. The molecule has 1 saturated heterocycles. The van der Waals surface area contributed by atoms with Gasteiger partial charge in [0.1, 0.15) is 0 Å². The fourth-order valence-corrected chi connectivity index (χ4v) is 2.40. The molecule has 2 N–H and O–H groups in total. The van der Waals surface area contributed by atoms with Gasteiger partial charge < -0.3 is 15.5 Å². The van der Waals surface area contributed by atoms with E-state index in [1.807, 2.05) is 24.0 Å². The summed E-state index contributed by atoms with van der Waals surface area (Å²) in [5.41, 5.74) is 1.14. The fraction of sp³-hybridized carbons (Fsp3) is 0.692. The zero-order valence-corrected chi connectivity index (χ0v) is 12.1. The van der Waals surface area contributed by atoms with Crippen molar-refractivity contribution in [3.63, 3.8) is 0 Å². The van der Waals surface area contributed by atoms with Crippen molar-refractivity contribution < 1.29 is 0 Å². The Bertz CT molecular complexity index is 425. The van der Waals surface area contributed by atoms with E-state index in [0.29, 0.717) is 0 Å².